The predicted octanol–water partition coefficient (Wildman–Crippen LogP) is 1.80. The Morgan fingerprint density at radius 1 is 1.46 bits per heavy atom. The average Bonchev–Trinajstić information content (AvgIpc) is 2.14. The van der Waals surface area contributed by atoms with Crippen LogP contribution in [-0.2, 0) is 4.74 Å². The molecule has 0 fully saturated rings. The van der Waals surface area contributed by atoms with Crippen LogP contribution in [0.4, 0.5) is 0 Å². The van der Waals surface area contributed by atoms with Gasteiger partial charge in [-0.15, -0.1) is 12.3 Å². The van der Waals surface area contributed by atoms with E-state index in [1.807, 2.05) is 6.92 Å². The van der Waals surface area contributed by atoms with Gasteiger partial charge in [-0.1, -0.05) is 6.92 Å². The van der Waals surface area contributed by atoms with Gasteiger partial charge in [0.1, 0.15) is 0 Å². The number of rotatable bonds is 7. The van der Waals surface area contributed by atoms with Gasteiger partial charge in [-0.2, -0.15) is 0 Å². The molecule has 1 N–H and O–H groups in total. The van der Waals surface area contributed by atoms with Crippen LogP contribution in [0, 0.1) is 12.3 Å². The summed E-state index contributed by atoms with van der Waals surface area (Å²) in [6.45, 7) is 7.80. The highest BCUT2D eigenvalue weighted by Gasteiger charge is 2.08. The van der Waals surface area contributed by atoms with Gasteiger partial charge in [0.2, 0.25) is 0 Å². The van der Waals surface area contributed by atoms with Crippen LogP contribution in [0.25, 0.3) is 0 Å². The SMILES string of the molecule is C#CCC(CC)NC(C)COCC. The van der Waals surface area contributed by atoms with Gasteiger partial charge in [0, 0.05) is 25.1 Å². The van der Waals surface area contributed by atoms with Crippen LogP contribution in [0.5, 0.6) is 0 Å². The lowest BCUT2D eigenvalue weighted by Crippen LogP contribution is -2.38. The molecule has 0 heterocycles. The molecule has 0 aromatic rings. The monoisotopic (exact) mass is 183 g/mol. The van der Waals surface area contributed by atoms with Gasteiger partial charge in [-0.05, 0) is 20.3 Å². The van der Waals surface area contributed by atoms with E-state index in [0.29, 0.717) is 12.1 Å². The first-order chi connectivity index (χ1) is 6.24. The second kappa shape index (κ2) is 8.10. The van der Waals surface area contributed by atoms with Gasteiger partial charge in [-0.25, -0.2) is 0 Å². The van der Waals surface area contributed by atoms with Crippen molar-refractivity contribution in [3.8, 4) is 12.3 Å². The summed E-state index contributed by atoms with van der Waals surface area (Å²) < 4.78 is 5.30. The van der Waals surface area contributed by atoms with E-state index in [2.05, 4.69) is 25.1 Å². The molecule has 2 heteroatoms. The van der Waals surface area contributed by atoms with Crippen molar-refractivity contribution in [2.75, 3.05) is 13.2 Å². The van der Waals surface area contributed by atoms with E-state index in [0.717, 1.165) is 26.1 Å². The number of hydrogen-bond acceptors (Lipinski definition) is 2. The molecule has 0 radical (unpaired) electrons. The normalized spacial score (nSPS) is 14.9. The number of nitrogens with one attached hydrogen (secondary N) is 1. The molecule has 13 heavy (non-hydrogen) atoms. The number of hydrogen-bond donors (Lipinski definition) is 1. The zero-order valence-corrected chi connectivity index (χ0v) is 8.97. The quantitative estimate of drug-likeness (QED) is 0.608. The van der Waals surface area contributed by atoms with E-state index in [9.17, 15) is 0 Å². The highest BCUT2D eigenvalue weighted by Crippen LogP contribution is 1.98. The Morgan fingerprint density at radius 2 is 2.15 bits per heavy atom. The minimum Gasteiger partial charge on any atom is -0.380 e. The third-order valence-corrected chi connectivity index (χ3v) is 1.95. The predicted molar refractivity (Wildman–Crippen MR) is 56.6 cm³/mol. The van der Waals surface area contributed by atoms with Gasteiger partial charge in [0.05, 0.1) is 6.61 Å². The molecule has 0 bridgehead atoms. The third-order valence-electron chi connectivity index (χ3n) is 1.95. The topological polar surface area (TPSA) is 21.3 Å². The molecule has 0 aliphatic heterocycles. The van der Waals surface area contributed by atoms with Crippen LogP contribution in [-0.4, -0.2) is 25.3 Å². The standard InChI is InChI=1S/C11H21NO/c1-5-8-11(6-2)12-10(4)9-13-7-3/h1,10-12H,6-9H2,2-4H3. The van der Waals surface area contributed by atoms with Crippen molar-refractivity contribution in [1.29, 1.82) is 0 Å². The highest BCUT2D eigenvalue weighted by molar-refractivity contribution is 4.89. The lowest BCUT2D eigenvalue weighted by molar-refractivity contribution is 0.123. The van der Waals surface area contributed by atoms with Gasteiger partial charge >= 0.3 is 0 Å². The number of terminal acetylenes is 1. The lowest BCUT2D eigenvalue weighted by atomic mass is 10.1. The molecule has 2 nitrogen and oxygen atoms in total. The molecule has 76 valence electrons. The minimum absolute atomic E-state index is 0.387. The van der Waals surface area contributed by atoms with Crippen LogP contribution < -0.4 is 5.32 Å². The maximum Gasteiger partial charge on any atom is 0.0616 e. The van der Waals surface area contributed by atoms with E-state index >= 15 is 0 Å². The summed E-state index contributed by atoms with van der Waals surface area (Å²) in [4.78, 5) is 0. The summed E-state index contributed by atoms with van der Waals surface area (Å²) in [7, 11) is 0. The van der Waals surface area contributed by atoms with Crippen LogP contribution >= 0.6 is 0 Å². The Balaban J connectivity index is 3.60. The Bertz CT molecular complexity index is 151. The summed E-state index contributed by atoms with van der Waals surface area (Å²) in [5.41, 5.74) is 0. The first-order valence-electron chi connectivity index (χ1n) is 5.01. The van der Waals surface area contributed by atoms with Crippen LogP contribution in [0.3, 0.4) is 0 Å². The average molecular weight is 183 g/mol. The molecule has 0 spiro atoms. The summed E-state index contributed by atoms with van der Waals surface area (Å²) in [5.74, 6) is 2.68. The van der Waals surface area contributed by atoms with E-state index in [1.165, 1.54) is 0 Å². The molecule has 0 saturated carbocycles. The highest BCUT2D eigenvalue weighted by atomic mass is 16.5. The Labute approximate surface area is 82.1 Å². The molecule has 0 rings (SSSR count). The van der Waals surface area contributed by atoms with E-state index in [1.54, 1.807) is 0 Å². The Kier molecular flexibility index (Phi) is 7.77. The largest absolute Gasteiger partial charge is 0.380 e. The lowest BCUT2D eigenvalue weighted by Gasteiger charge is -2.20. The molecule has 2 unspecified atom stereocenters. The Morgan fingerprint density at radius 3 is 2.62 bits per heavy atom. The van der Waals surface area contributed by atoms with E-state index in [-0.39, 0.29) is 0 Å². The van der Waals surface area contributed by atoms with Crippen LogP contribution in [0.1, 0.15) is 33.6 Å². The number of ether oxygens (including phenoxy) is 1. The fourth-order valence-corrected chi connectivity index (χ4v) is 1.21. The summed E-state index contributed by atoms with van der Waals surface area (Å²) in [5, 5.41) is 3.43. The van der Waals surface area contributed by atoms with Gasteiger partial charge in [-0.3, -0.25) is 0 Å². The summed E-state index contributed by atoms with van der Waals surface area (Å²) >= 11 is 0. The molecule has 0 aromatic carbocycles. The molecule has 0 aliphatic rings. The van der Waals surface area contributed by atoms with Crippen LogP contribution in [0.15, 0.2) is 0 Å². The molecule has 0 amide bonds. The van der Waals surface area contributed by atoms with Crippen molar-refractivity contribution in [2.24, 2.45) is 0 Å². The molecule has 0 saturated heterocycles. The molecular weight excluding hydrogens is 162 g/mol. The van der Waals surface area contributed by atoms with Gasteiger partial charge in [0.25, 0.3) is 0 Å². The van der Waals surface area contributed by atoms with Gasteiger partial charge < -0.3 is 10.1 Å². The smallest absolute Gasteiger partial charge is 0.0616 e. The molecule has 0 aromatic heterocycles. The summed E-state index contributed by atoms with van der Waals surface area (Å²) in [6.07, 6.45) is 7.13. The van der Waals surface area contributed by atoms with Crippen molar-refractivity contribution in [3.63, 3.8) is 0 Å². The fraction of sp³-hybridized carbons (Fsp3) is 0.818. The molecule has 0 aliphatic carbocycles. The molecular formula is C11H21NO. The Hall–Kier alpha value is -0.520. The van der Waals surface area contributed by atoms with E-state index in [4.69, 9.17) is 11.2 Å². The van der Waals surface area contributed by atoms with Crippen molar-refractivity contribution in [2.45, 2.75) is 45.7 Å². The molecule has 2 atom stereocenters. The van der Waals surface area contributed by atoms with Crippen molar-refractivity contribution >= 4 is 0 Å². The van der Waals surface area contributed by atoms with Crippen LogP contribution in [0.2, 0.25) is 0 Å². The first-order valence-corrected chi connectivity index (χ1v) is 5.01. The second-order valence-electron chi connectivity index (χ2n) is 3.24. The van der Waals surface area contributed by atoms with Crippen molar-refractivity contribution in [1.82, 2.24) is 5.32 Å². The van der Waals surface area contributed by atoms with E-state index < -0.39 is 0 Å². The zero-order chi connectivity index (χ0) is 10.1. The second-order valence-corrected chi connectivity index (χ2v) is 3.24. The van der Waals surface area contributed by atoms with Crippen molar-refractivity contribution in [3.05, 3.63) is 0 Å². The maximum atomic E-state index is 5.30. The first kappa shape index (κ1) is 12.5. The minimum atomic E-state index is 0.387. The van der Waals surface area contributed by atoms with Crippen molar-refractivity contribution < 1.29 is 4.74 Å². The van der Waals surface area contributed by atoms with Gasteiger partial charge in [0.15, 0.2) is 0 Å². The summed E-state index contributed by atoms with van der Waals surface area (Å²) in [6, 6.07) is 0.818. The fourth-order valence-electron chi connectivity index (χ4n) is 1.21. The maximum absolute atomic E-state index is 5.30. The third kappa shape index (κ3) is 6.62. The zero-order valence-electron chi connectivity index (χ0n) is 8.97.